The molecule has 144 valence electrons. The van der Waals surface area contributed by atoms with Gasteiger partial charge in [-0.15, -0.1) is 0 Å². The van der Waals surface area contributed by atoms with Gasteiger partial charge in [-0.05, 0) is 43.0 Å². The Bertz CT molecular complexity index is 772. The van der Waals surface area contributed by atoms with Gasteiger partial charge in [0.15, 0.2) is 5.78 Å². The maximum Gasteiger partial charge on any atom is 0.429 e. The average Bonchev–Trinajstić information content (AvgIpc) is 3.38. The van der Waals surface area contributed by atoms with Gasteiger partial charge >= 0.3 is 6.09 Å². The van der Waals surface area contributed by atoms with E-state index in [1.165, 1.54) is 6.92 Å². The predicted octanol–water partition coefficient (Wildman–Crippen LogP) is 2.29. The fourth-order valence-corrected chi connectivity index (χ4v) is 4.28. The molecule has 0 radical (unpaired) electrons. The van der Waals surface area contributed by atoms with Crippen LogP contribution in [0.4, 0.5) is 10.5 Å². The quantitative estimate of drug-likeness (QED) is 0.804. The van der Waals surface area contributed by atoms with Crippen LogP contribution in [0.2, 0.25) is 0 Å². The SMILES string of the molecule is CC(=O)NCC1CN(N2CCc3cc(C(=O)C4CCCC4)ccc32)C(=O)O1. The third-order valence-corrected chi connectivity index (χ3v) is 5.69. The van der Waals surface area contributed by atoms with Crippen LogP contribution in [0, 0.1) is 5.92 Å². The molecular weight excluding hydrogens is 346 g/mol. The number of amides is 2. The highest BCUT2D eigenvalue weighted by molar-refractivity contribution is 5.98. The Balaban J connectivity index is 1.46. The number of nitrogens with one attached hydrogen (secondary N) is 1. The first-order chi connectivity index (χ1) is 13.0. The third kappa shape index (κ3) is 3.50. The number of Topliss-reactive ketones (excluding diaryl/α,β-unsaturated/α-hetero) is 1. The second-order valence-electron chi connectivity index (χ2n) is 7.59. The lowest BCUT2D eigenvalue weighted by Crippen LogP contribution is -2.43. The summed E-state index contributed by atoms with van der Waals surface area (Å²) in [6.45, 7) is 2.84. The van der Waals surface area contributed by atoms with E-state index in [0.717, 1.165) is 48.9 Å². The molecule has 1 N–H and O–H groups in total. The van der Waals surface area contributed by atoms with Crippen LogP contribution >= 0.6 is 0 Å². The van der Waals surface area contributed by atoms with Gasteiger partial charge in [0.2, 0.25) is 5.91 Å². The van der Waals surface area contributed by atoms with Gasteiger partial charge in [0, 0.05) is 24.9 Å². The van der Waals surface area contributed by atoms with Crippen LogP contribution in [0.5, 0.6) is 0 Å². The Morgan fingerprint density at radius 1 is 1.22 bits per heavy atom. The van der Waals surface area contributed by atoms with E-state index in [1.807, 2.05) is 23.2 Å². The molecule has 2 heterocycles. The third-order valence-electron chi connectivity index (χ3n) is 5.69. The van der Waals surface area contributed by atoms with Crippen molar-refractivity contribution in [2.75, 3.05) is 24.6 Å². The van der Waals surface area contributed by atoms with E-state index in [0.29, 0.717) is 19.6 Å². The van der Waals surface area contributed by atoms with Crippen LogP contribution in [-0.4, -0.2) is 48.5 Å². The summed E-state index contributed by atoms with van der Waals surface area (Å²) in [6.07, 6.45) is 4.33. The van der Waals surface area contributed by atoms with Gasteiger partial charge < -0.3 is 10.1 Å². The second-order valence-corrected chi connectivity index (χ2v) is 7.59. The molecule has 27 heavy (non-hydrogen) atoms. The summed E-state index contributed by atoms with van der Waals surface area (Å²) >= 11 is 0. The molecule has 7 nitrogen and oxygen atoms in total. The van der Waals surface area contributed by atoms with Gasteiger partial charge in [0.25, 0.3) is 0 Å². The molecule has 2 aliphatic heterocycles. The van der Waals surface area contributed by atoms with Crippen molar-refractivity contribution in [1.82, 2.24) is 10.3 Å². The lowest BCUT2D eigenvalue weighted by atomic mass is 9.95. The fraction of sp³-hybridized carbons (Fsp3) is 0.550. The first-order valence-electron chi connectivity index (χ1n) is 9.70. The molecule has 1 saturated heterocycles. The van der Waals surface area contributed by atoms with E-state index in [-0.39, 0.29) is 23.7 Å². The summed E-state index contributed by atoms with van der Waals surface area (Å²) in [5.74, 6) is 0.281. The molecule has 2 fully saturated rings. The normalized spacial score (nSPS) is 22.1. The summed E-state index contributed by atoms with van der Waals surface area (Å²) in [5, 5.41) is 6.21. The molecule has 0 aromatic heterocycles. The minimum Gasteiger partial charge on any atom is -0.441 e. The smallest absolute Gasteiger partial charge is 0.429 e. The lowest BCUT2D eigenvalue weighted by molar-refractivity contribution is -0.119. The Morgan fingerprint density at radius 3 is 2.74 bits per heavy atom. The number of carbonyl (C=O) groups is 3. The summed E-state index contributed by atoms with van der Waals surface area (Å²) in [5.41, 5.74) is 2.84. The van der Waals surface area contributed by atoms with Gasteiger partial charge in [-0.3, -0.25) is 14.6 Å². The molecule has 1 unspecified atom stereocenters. The maximum absolute atomic E-state index is 12.7. The number of benzene rings is 1. The van der Waals surface area contributed by atoms with E-state index in [2.05, 4.69) is 5.32 Å². The highest BCUT2D eigenvalue weighted by Crippen LogP contribution is 2.34. The first kappa shape index (κ1) is 17.8. The number of cyclic esters (lactones) is 1. The Morgan fingerprint density at radius 2 is 2.00 bits per heavy atom. The molecule has 7 heteroatoms. The van der Waals surface area contributed by atoms with Crippen molar-refractivity contribution in [2.45, 2.75) is 45.1 Å². The molecule has 1 aliphatic carbocycles. The number of ether oxygens (including phenoxy) is 1. The number of carbonyl (C=O) groups excluding carboxylic acids is 3. The molecule has 1 aromatic carbocycles. The minimum absolute atomic E-state index is 0.143. The molecule has 0 bridgehead atoms. The first-order valence-corrected chi connectivity index (χ1v) is 9.70. The lowest BCUT2D eigenvalue weighted by Gasteiger charge is -2.28. The predicted molar refractivity (Wildman–Crippen MR) is 99.4 cm³/mol. The van der Waals surface area contributed by atoms with Crippen molar-refractivity contribution >= 4 is 23.5 Å². The monoisotopic (exact) mass is 371 g/mol. The number of rotatable bonds is 5. The number of hydrazine groups is 1. The standard InChI is InChI=1S/C20H25N3O4/c1-13(24)21-11-17-12-23(20(26)27-17)22-9-8-15-10-16(6-7-18(15)22)19(25)14-4-2-3-5-14/h6-7,10,14,17H,2-5,8-9,11-12H2,1H3,(H,21,24). The van der Waals surface area contributed by atoms with Crippen molar-refractivity contribution in [3.63, 3.8) is 0 Å². The Labute approximate surface area is 158 Å². The maximum atomic E-state index is 12.7. The number of hydrogen-bond acceptors (Lipinski definition) is 5. The van der Waals surface area contributed by atoms with E-state index in [4.69, 9.17) is 4.74 Å². The Hall–Kier alpha value is -2.57. The van der Waals surface area contributed by atoms with Crippen LogP contribution < -0.4 is 10.3 Å². The van der Waals surface area contributed by atoms with Crippen molar-refractivity contribution in [1.29, 1.82) is 0 Å². The fourth-order valence-electron chi connectivity index (χ4n) is 4.28. The zero-order chi connectivity index (χ0) is 19.0. The topological polar surface area (TPSA) is 79.0 Å². The highest BCUT2D eigenvalue weighted by atomic mass is 16.6. The molecule has 3 aliphatic rings. The van der Waals surface area contributed by atoms with Gasteiger partial charge in [0.05, 0.1) is 18.8 Å². The van der Waals surface area contributed by atoms with Crippen molar-refractivity contribution < 1.29 is 19.1 Å². The molecule has 2 amide bonds. The molecule has 0 spiro atoms. The minimum atomic E-state index is -0.399. The molecule has 1 aromatic rings. The van der Waals surface area contributed by atoms with Crippen LogP contribution in [0.1, 0.15) is 48.5 Å². The summed E-state index contributed by atoms with van der Waals surface area (Å²) in [4.78, 5) is 36.0. The number of fused-ring (bicyclic) bond motifs is 1. The van der Waals surface area contributed by atoms with E-state index in [1.54, 1.807) is 5.01 Å². The molecule has 1 atom stereocenters. The van der Waals surface area contributed by atoms with Crippen LogP contribution in [-0.2, 0) is 16.0 Å². The number of ketones is 1. The zero-order valence-corrected chi connectivity index (χ0v) is 15.6. The number of hydrogen-bond donors (Lipinski definition) is 1. The van der Waals surface area contributed by atoms with Crippen LogP contribution in [0.25, 0.3) is 0 Å². The summed E-state index contributed by atoms with van der Waals surface area (Å²) in [6, 6.07) is 5.82. The summed E-state index contributed by atoms with van der Waals surface area (Å²) < 4.78 is 5.36. The van der Waals surface area contributed by atoms with E-state index >= 15 is 0 Å². The average molecular weight is 371 g/mol. The van der Waals surface area contributed by atoms with Crippen LogP contribution in [0.3, 0.4) is 0 Å². The van der Waals surface area contributed by atoms with Gasteiger partial charge in [0.1, 0.15) is 6.10 Å². The van der Waals surface area contributed by atoms with Gasteiger partial charge in [-0.2, -0.15) is 0 Å². The molecular formula is C20H25N3O4. The largest absolute Gasteiger partial charge is 0.441 e. The molecule has 1 saturated carbocycles. The Kier molecular flexibility index (Phi) is 4.76. The van der Waals surface area contributed by atoms with Crippen molar-refractivity contribution in [3.05, 3.63) is 29.3 Å². The molecule has 4 rings (SSSR count). The van der Waals surface area contributed by atoms with Gasteiger partial charge in [-0.25, -0.2) is 9.80 Å². The van der Waals surface area contributed by atoms with Crippen LogP contribution in [0.15, 0.2) is 18.2 Å². The highest BCUT2D eigenvalue weighted by Gasteiger charge is 2.38. The van der Waals surface area contributed by atoms with Gasteiger partial charge in [-0.1, -0.05) is 12.8 Å². The zero-order valence-electron chi connectivity index (χ0n) is 15.6. The van der Waals surface area contributed by atoms with Crippen molar-refractivity contribution in [2.24, 2.45) is 5.92 Å². The summed E-state index contributed by atoms with van der Waals surface area (Å²) in [7, 11) is 0. The second kappa shape index (κ2) is 7.21. The van der Waals surface area contributed by atoms with E-state index in [9.17, 15) is 14.4 Å². The number of nitrogens with zero attached hydrogens (tertiary/aromatic N) is 2. The number of anilines is 1. The van der Waals surface area contributed by atoms with Crippen molar-refractivity contribution in [3.8, 4) is 0 Å². The van der Waals surface area contributed by atoms with E-state index < -0.39 is 6.09 Å².